The van der Waals surface area contributed by atoms with Crippen LogP contribution in [0.15, 0.2) is 30.6 Å². The average molecular weight is 610 g/mol. The van der Waals surface area contributed by atoms with Gasteiger partial charge in [0.25, 0.3) is 0 Å². The summed E-state index contributed by atoms with van der Waals surface area (Å²) in [6.45, 7) is 10.2. The lowest BCUT2D eigenvalue weighted by molar-refractivity contribution is -0.126. The Labute approximate surface area is 254 Å². The highest BCUT2D eigenvalue weighted by atomic mass is 32.1. The zero-order valence-electron chi connectivity index (χ0n) is 24.7. The van der Waals surface area contributed by atoms with Gasteiger partial charge in [0, 0.05) is 48.0 Å². The molecule has 4 aromatic rings. The normalized spacial score (nSPS) is 18.3. The number of alkyl halides is 3. The molecule has 0 saturated carbocycles. The lowest BCUT2D eigenvalue weighted by Gasteiger charge is -2.33. The van der Waals surface area contributed by atoms with Crippen molar-refractivity contribution in [1.29, 1.82) is 5.26 Å². The summed E-state index contributed by atoms with van der Waals surface area (Å²) >= 11 is 1.08. The van der Waals surface area contributed by atoms with Crippen molar-refractivity contribution in [3.63, 3.8) is 0 Å². The minimum Gasteiger partial charge on any atom is -0.367 e. The first-order chi connectivity index (χ1) is 20.7. The second-order valence-electron chi connectivity index (χ2n) is 12.2. The summed E-state index contributed by atoms with van der Waals surface area (Å²) in [6.07, 6.45) is 0.440. The standard InChI is InChI=1S/C32H38F3N7S/c1-20(22-5-9-37-10-6-22)17-42-25(16-36)13-27-21(2)23(3-4-29(27)42)18-41-11-7-24(8-12-41)40-30-28-14-26(15-32(33,34)35)43-31(28)39-19-38-30/h3-4,13-14,19-20,22,24,37H,5-12,15,17-18H2,1-2H3,(H,38,39,40). The lowest BCUT2D eigenvalue weighted by Crippen LogP contribution is -2.39. The Hall–Kier alpha value is -3.20. The minimum atomic E-state index is -4.25. The number of aromatic nitrogens is 3. The molecule has 0 spiro atoms. The topological polar surface area (TPSA) is 81.8 Å². The summed E-state index contributed by atoms with van der Waals surface area (Å²) in [5.74, 6) is 1.81. The predicted molar refractivity (Wildman–Crippen MR) is 165 cm³/mol. The maximum atomic E-state index is 12.9. The van der Waals surface area contributed by atoms with Crippen LogP contribution in [0, 0.1) is 30.1 Å². The predicted octanol–water partition coefficient (Wildman–Crippen LogP) is 6.64. The Bertz CT molecular complexity index is 1620. The molecule has 0 aliphatic carbocycles. The Morgan fingerprint density at radius 3 is 2.60 bits per heavy atom. The molecule has 5 heterocycles. The SMILES string of the molecule is Cc1c(CN2CCC(Nc3ncnc4sc(CC(F)(F)F)cc34)CC2)ccc2c1cc(C#N)n2CC(C)C1CCNCC1. The van der Waals surface area contributed by atoms with Crippen molar-refractivity contribution in [1.82, 2.24) is 24.8 Å². The average Bonchev–Trinajstić information content (AvgIpc) is 3.56. The molecule has 2 saturated heterocycles. The number of benzene rings is 1. The molecule has 0 radical (unpaired) electrons. The molecule has 2 aliphatic heterocycles. The van der Waals surface area contributed by atoms with E-state index >= 15 is 0 Å². The van der Waals surface area contributed by atoms with Crippen molar-refractivity contribution in [2.24, 2.45) is 11.8 Å². The third kappa shape index (κ3) is 6.66. The monoisotopic (exact) mass is 609 g/mol. The number of hydrogen-bond donors (Lipinski definition) is 2. The first-order valence-corrected chi connectivity index (χ1v) is 16.0. The van der Waals surface area contributed by atoms with Crippen molar-refractivity contribution < 1.29 is 13.2 Å². The van der Waals surface area contributed by atoms with Gasteiger partial charge in [-0.05, 0) is 86.9 Å². The Kier molecular flexibility index (Phi) is 8.63. The smallest absolute Gasteiger partial charge is 0.367 e. The van der Waals surface area contributed by atoms with Crippen LogP contribution in [0.4, 0.5) is 19.0 Å². The van der Waals surface area contributed by atoms with Gasteiger partial charge in [0.15, 0.2) is 0 Å². The van der Waals surface area contributed by atoms with E-state index in [0.717, 1.165) is 80.0 Å². The van der Waals surface area contributed by atoms with Crippen LogP contribution in [0.25, 0.3) is 21.1 Å². The van der Waals surface area contributed by atoms with Crippen LogP contribution in [0.5, 0.6) is 0 Å². The molecule has 43 heavy (non-hydrogen) atoms. The molecule has 2 fully saturated rings. The zero-order valence-corrected chi connectivity index (χ0v) is 25.5. The molecule has 1 unspecified atom stereocenters. The van der Waals surface area contributed by atoms with Crippen molar-refractivity contribution in [3.05, 3.63) is 52.3 Å². The third-order valence-electron chi connectivity index (χ3n) is 9.32. The van der Waals surface area contributed by atoms with E-state index in [2.05, 4.69) is 68.2 Å². The molecule has 1 atom stereocenters. The number of nitrogens with zero attached hydrogens (tertiary/aromatic N) is 5. The van der Waals surface area contributed by atoms with Crippen LogP contribution in [-0.2, 0) is 19.5 Å². The van der Waals surface area contributed by atoms with E-state index in [1.807, 2.05) is 0 Å². The number of aryl methyl sites for hydroxylation is 1. The van der Waals surface area contributed by atoms with Crippen LogP contribution < -0.4 is 10.6 Å². The summed E-state index contributed by atoms with van der Waals surface area (Å²) in [5.41, 5.74) is 4.39. The molecule has 2 aliphatic rings. The fourth-order valence-electron chi connectivity index (χ4n) is 6.81. The number of fused-ring (bicyclic) bond motifs is 2. The number of piperidine rings is 2. The van der Waals surface area contributed by atoms with Gasteiger partial charge >= 0.3 is 6.18 Å². The number of thiophene rings is 1. The lowest BCUT2D eigenvalue weighted by atomic mass is 9.86. The quantitative estimate of drug-likeness (QED) is 0.233. The number of likely N-dealkylation sites (tertiary alicyclic amines) is 1. The molecule has 6 rings (SSSR count). The van der Waals surface area contributed by atoms with Gasteiger partial charge < -0.3 is 15.2 Å². The fraction of sp³-hybridized carbons (Fsp3) is 0.531. The van der Waals surface area contributed by atoms with Crippen LogP contribution >= 0.6 is 11.3 Å². The van der Waals surface area contributed by atoms with Crippen LogP contribution in [0.1, 0.15) is 54.3 Å². The van der Waals surface area contributed by atoms with Crippen molar-refractivity contribution in [2.75, 3.05) is 31.5 Å². The molecule has 0 bridgehead atoms. The molecule has 228 valence electrons. The molecule has 0 amide bonds. The summed E-state index contributed by atoms with van der Waals surface area (Å²) in [6, 6.07) is 10.7. The van der Waals surface area contributed by atoms with Gasteiger partial charge in [0.1, 0.15) is 28.7 Å². The highest BCUT2D eigenvalue weighted by Crippen LogP contribution is 2.34. The van der Waals surface area contributed by atoms with Gasteiger partial charge in [-0.2, -0.15) is 18.4 Å². The van der Waals surface area contributed by atoms with Crippen LogP contribution in [0.3, 0.4) is 0 Å². The Morgan fingerprint density at radius 2 is 1.88 bits per heavy atom. The van der Waals surface area contributed by atoms with Gasteiger partial charge in [-0.3, -0.25) is 4.90 Å². The summed E-state index contributed by atoms with van der Waals surface area (Å²) in [5, 5.41) is 18.7. The van der Waals surface area contributed by atoms with Crippen LogP contribution in [0.2, 0.25) is 0 Å². The number of rotatable bonds is 8. The third-order valence-corrected chi connectivity index (χ3v) is 10.4. The van der Waals surface area contributed by atoms with Gasteiger partial charge in [-0.1, -0.05) is 13.0 Å². The summed E-state index contributed by atoms with van der Waals surface area (Å²) in [7, 11) is 0. The molecule has 1 aromatic carbocycles. The highest BCUT2D eigenvalue weighted by molar-refractivity contribution is 7.18. The maximum Gasteiger partial charge on any atom is 0.393 e. The molecule has 2 N–H and O–H groups in total. The molecular weight excluding hydrogens is 571 g/mol. The number of anilines is 1. The number of halogens is 3. The van der Waals surface area contributed by atoms with E-state index in [4.69, 9.17) is 0 Å². The first kappa shape index (κ1) is 29.9. The van der Waals surface area contributed by atoms with Gasteiger partial charge in [-0.15, -0.1) is 11.3 Å². The van der Waals surface area contributed by atoms with E-state index in [-0.39, 0.29) is 10.9 Å². The molecule has 7 nitrogen and oxygen atoms in total. The first-order valence-electron chi connectivity index (χ1n) is 15.2. The highest BCUT2D eigenvalue weighted by Gasteiger charge is 2.29. The van der Waals surface area contributed by atoms with Gasteiger partial charge in [0.2, 0.25) is 0 Å². The van der Waals surface area contributed by atoms with E-state index in [1.54, 1.807) is 6.07 Å². The van der Waals surface area contributed by atoms with E-state index in [9.17, 15) is 18.4 Å². The van der Waals surface area contributed by atoms with E-state index in [1.165, 1.54) is 30.3 Å². The second-order valence-corrected chi connectivity index (χ2v) is 13.4. The van der Waals surface area contributed by atoms with Crippen LogP contribution in [-0.4, -0.2) is 57.8 Å². The fourth-order valence-corrected chi connectivity index (χ4v) is 7.83. The van der Waals surface area contributed by atoms with Crippen molar-refractivity contribution >= 4 is 38.3 Å². The Balaban J connectivity index is 1.10. The summed E-state index contributed by atoms with van der Waals surface area (Å²) in [4.78, 5) is 11.8. The number of hydrogen-bond acceptors (Lipinski definition) is 7. The molecule has 11 heteroatoms. The molecular formula is C32H38F3N7S. The zero-order chi connectivity index (χ0) is 30.1. The number of nitriles is 1. The second kappa shape index (κ2) is 12.4. The summed E-state index contributed by atoms with van der Waals surface area (Å²) < 4.78 is 41.0. The van der Waals surface area contributed by atoms with Crippen molar-refractivity contribution in [2.45, 2.75) is 71.3 Å². The minimum absolute atomic E-state index is 0.193. The largest absolute Gasteiger partial charge is 0.393 e. The van der Waals surface area contributed by atoms with E-state index < -0.39 is 12.6 Å². The van der Waals surface area contributed by atoms with Gasteiger partial charge in [0.05, 0.1) is 11.8 Å². The van der Waals surface area contributed by atoms with Crippen molar-refractivity contribution in [3.8, 4) is 6.07 Å². The Morgan fingerprint density at radius 1 is 1.12 bits per heavy atom. The molecule has 3 aromatic heterocycles. The number of nitrogens with one attached hydrogen (secondary N) is 2. The van der Waals surface area contributed by atoms with E-state index in [0.29, 0.717) is 27.9 Å². The van der Waals surface area contributed by atoms with Gasteiger partial charge in [-0.25, -0.2) is 9.97 Å². The maximum absolute atomic E-state index is 12.9.